The average molecular weight is 741 g/mol. The van der Waals surface area contributed by atoms with Crippen LogP contribution < -0.4 is 26.2 Å². The van der Waals surface area contributed by atoms with Crippen molar-refractivity contribution in [2.75, 3.05) is 9.80 Å². The van der Waals surface area contributed by atoms with Crippen molar-refractivity contribution in [3.63, 3.8) is 0 Å². The van der Waals surface area contributed by atoms with Crippen molar-refractivity contribution in [1.29, 1.82) is 0 Å². The highest BCUT2D eigenvalue weighted by atomic mass is 15.2. The van der Waals surface area contributed by atoms with Crippen LogP contribution in [0.4, 0.5) is 34.1 Å². The van der Waals surface area contributed by atoms with Crippen molar-refractivity contribution in [2.45, 2.75) is 78.6 Å². The normalized spacial score (nSPS) is 13.6. The Morgan fingerprint density at radius 1 is 0.333 bits per heavy atom. The van der Waals surface area contributed by atoms with E-state index < -0.39 is 0 Å². The minimum absolute atomic E-state index is 0.00345. The molecule has 7 aromatic carbocycles. The molecule has 3 heteroatoms. The van der Waals surface area contributed by atoms with E-state index in [1.807, 2.05) is 0 Å². The fourth-order valence-electron chi connectivity index (χ4n) is 8.88. The number of hydrogen-bond donors (Lipinski definition) is 0. The van der Waals surface area contributed by atoms with Gasteiger partial charge < -0.3 is 9.80 Å². The second-order valence-electron chi connectivity index (χ2n) is 19.2. The zero-order chi connectivity index (χ0) is 39.9. The van der Waals surface area contributed by atoms with Gasteiger partial charge in [0.2, 0.25) is 0 Å². The Balaban J connectivity index is 1.36. The molecule has 0 unspecified atom stereocenters. The molecule has 57 heavy (non-hydrogen) atoms. The second-order valence-corrected chi connectivity index (χ2v) is 19.2. The van der Waals surface area contributed by atoms with Gasteiger partial charge in [-0.3, -0.25) is 0 Å². The summed E-state index contributed by atoms with van der Waals surface area (Å²) in [4.78, 5) is 5.07. The van der Waals surface area contributed by atoms with Gasteiger partial charge in [-0.25, -0.2) is 0 Å². The highest BCUT2D eigenvalue weighted by molar-refractivity contribution is 7.00. The van der Waals surface area contributed by atoms with E-state index in [9.17, 15) is 0 Å². The van der Waals surface area contributed by atoms with Crippen LogP contribution in [0, 0.1) is 0 Å². The summed E-state index contributed by atoms with van der Waals surface area (Å²) in [6, 6.07) is 59.5. The van der Waals surface area contributed by atoms with E-state index in [0.29, 0.717) is 0 Å². The molecule has 0 radical (unpaired) electrons. The highest BCUT2D eigenvalue weighted by Gasteiger charge is 2.44. The van der Waals surface area contributed by atoms with Crippen LogP contribution in [0.25, 0.3) is 22.3 Å². The van der Waals surface area contributed by atoms with Crippen LogP contribution in [-0.4, -0.2) is 6.71 Å². The Morgan fingerprint density at radius 2 is 0.754 bits per heavy atom. The molecule has 2 aliphatic rings. The minimum atomic E-state index is -0.0149. The Bertz CT molecular complexity index is 2560. The number of nitrogens with zero attached hydrogens (tertiary/aromatic N) is 2. The highest BCUT2D eigenvalue weighted by Crippen LogP contribution is 2.46. The number of fused-ring (bicyclic) bond motifs is 4. The SMILES string of the molecule is CC(C)(C)c1ccc(N2c3ccc(C(C)(C)C)cc3B3c4cc(C(C)(C)C)ccc4N(c4cc(-c5ccccc5)cc(-c5ccccc5)c4)c4cccc2c43)cc1. The third-order valence-electron chi connectivity index (χ3n) is 12.1. The third kappa shape index (κ3) is 6.48. The summed E-state index contributed by atoms with van der Waals surface area (Å²) >= 11 is 0. The van der Waals surface area contributed by atoms with Gasteiger partial charge in [-0.2, -0.15) is 0 Å². The number of rotatable bonds is 4. The van der Waals surface area contributed by atoms with Crippen LogP contribution in [0.5, 0.6) is 0 Å². The molecule has 0 aliphatic carbocycles. The summed E-state index contributed by atoms with van der Waals surface area (Å²) in [7, 11) is 0. The van der Waals surface area contributed by atoms with Crippen LogP contribution in [0.3, 0.4) is 0 Å². The summed E-state index contributed by atoms with van der Waals surface area (Å²) < 4.78 is 0. The first-order chi connectivity index (χ1) is 27.2. The molecule has 7 aromatic rings. The smallest absolute Gasteiger partial charge is 0.252 e. The number of benzene rings is 7. The monoisotopic (exact) mass is 740 g/mol. The van der Waals surface area contributed by atoms with Crippen molar-refractivity contribution >= 4 is 57.2 Å². The van der Waals surface area contributed by atoms with Crippen molar-refractivity contribution < 1.29 is 0 Å². The fourth-order valence-corrected chi connectivity index (χ4v) is 8.88. The van der Waals surface area contributed by atoms with Crippen LogP contribution >= 0.6 is 0 Å². The van der Waals surface area contributed by atoms with E-state index in [1.54, 1.807) is 0 Å². The maximum atomic E-state index is 2.55. The molecule has 0 saturated heterocycles. The zero-order valence-corrected chi connectivity index (χ0v) is 35.0. The predicted octanol–water partition coefficient (Wildman–Crippen LogP) is 13.0. The van der Waals surface area contributed by atoms with E-state index >= 15 is 0 Å². The first kappa shape index (κ1) is 36.8. The lowest BCUT2D eigenvalue weighted by molar-refractivity contribution is 0.590. The van der Waals surface area contributed by atoms with Gasteiger partial charge in [0.1, 0.15) is 0 Å². The predicted molar refractivity (Wildman–Crippen MR) is 247 cm³/mol. The summed E-state index contributed by atoms with van der Waals surface area (Å²) in [6.07, 6.45) is 0. The van der Waals surface area contributed by atoms with Gasteiger partial charge in [-0.1, -0.05) is 165 Å². The molecule has 0 saturated carbocycles. The molecule has 0 atom stereocenters. The molecular weight excluding hydrogens is 687 g/mol. The van der Waals surface area contributed by atoms with E-state index in [1.165, 1.54) is 83.8 Å². The quantitative estimate of drug-likeness (QED) is 0.166. The minimum Gasteiger partial charge on any atom is -0.311 e. The molecule has 9 rings (SSSR count). The molecule has 2 nitrogen and oxygen atoms in total. The first-order valence-corrected chi connectivity index (χ1v) is 20.6. The zero-order valence-electron chi connectivity index (χ0n) is 35.0. The Morgan fingerprint density at radius 3 is 1.19 bits per heavy atom. The summed E-state index contributed by atoms with van der Waals surface area (Å²) in [5, 5.41) is 0. The average Bonchev–Trinajstić information content (AvgIpc) is 3.20. The van der Waals surface area contributed by atoms with Gasteiger partial charge in [-0.05, 0) is 126 Å². The molecule has 0 bridgehead atoms. The van der Waals surface area contributed by atoms with Gasteiger partial charge in [0, 0.05) is 34.1 Å². The fraction of sp³-hybridized carbons (Fsp3) is 0.222. The standard InChI is InChI=1S/C54H53BN2/c1-52(2,3)40-23-27-43(28-24-40)56-47-29-25-41(53(4,5)6)34-45(47)55-46-35-42(54(7,8)9)26-30-48(46)57(50-22-16-21-49(56)51(50)55)44-32-38(36-17-12-10-13-18-36)31-39(33-44)37-19-14-11-15-20-37/h10-35H,1-9H3. The van der Waals surface area contributed by atoms with Crippen molar-refractivity contribution in [2.24, 2.45) is 0 Å². The van der Waals surface area contributed by atoms with Gasteiger partial charge in [0.15, 0.2) is 0 Å². The van der Waals surface area contributed by atoms with Gasteiger partial charge in [0.05, 0.1) is 0 Å². The topological polar surface area (TPSA) is 6.48 Å². The first-order valence-electron chi connectivity index (χ1n) is 20.6. The maximum absolute atomic E-state index is 2.55. The van der Waals surface area contributed by atoms with Crippen molar-refractivity contribution in [1.82, 2.24) is 0 Å². The molecule has 0 spiro atoms. The summed E-state index contributed by atoms with van der Waals surface area (Å²) in [6.45, 7) is 20.9. The molecular formula is C54H53BN2. The lowest BCUT2D eigenvalue weighted by Gasteiger charge is -2.45. The molecule has 2 aliphatic heterocycles. The Hall–Kier alpha value is -5.80. The van der Waals surface area contributed by atoms with Crippen LogP contribution in [0.2, 0.25) is 0 Å². The van der Waals surface area contributed by atoms with Gasteiger partial charge in [0.25, 0.3) is 6.71 Å². The molecule has 0 amide bonds. The van der Waals surface area contributed by atoms with Crippen molar-refractivity contribution in [3.05, 3.63) is 174 Å². The lowest BCUT2D eigenvalue weighted by atomic mass is 9.33. The van der Waals surface area contributed by atoms with Crippen LogP contribution in [-0.2, 0) is 16.2 Å². The van der Waals surface area contributed by atoms with E-state index in [-0.39, 0.29) is 23.0 Å². The molecule has 0 fully saturated rings. The maximum Gasteiger partial charge on any atom is 0.252 e. The number of hydrogen-bond acceptors (Lipinski definition) is 2. The third-order valence-corrected chi connectivity index (χ3v) is 12.1. The van der Waals surface area contributed by atoms with E-state index in [4.69, 9.17) is 0 Å². The van der Waals surface area contributed by atoms with Crippen molar-refractivity contribution in [3.8, 4) is 22.3 Å². The molecule has 0 N–H and O–H groups in total. The summed E-state index contributed by atoms with van der Waals surface area (Å²) in [5.74, 6) is 0. The molecule has 282 valence electrons. The van der Waals surface area contributed by atoms with E-state index in [2.05, 4.69) is 230 Å². The van der Waals surface area contributed by atoms with E-state index in [0.717, 1.165) is 5.69 Å². The number of anilines is 6. The molecule has 2 heterocycles. The Kier molecular flexibility index (Phi) is 8.66. The van der Waals surface area contributed by atoms with Crippen LogP contribution in [0.15, 0.2) is 158 Å². The summed E-state index contributed by atoms with van der Waals surface area (Å²) in [5.41, 5.74) is 20.2. The Labute approximate surface area is 340 Å². The largest absolute Gasteiger partial charge is 0.311 e. The van der Waals surface area contributed by atoms with Gasteiger partial charge in [-0.15, -0.1) is 0 Å². The lowest BCUT2D eigenvalue weighted by Crippen LogP contribution is -2.61. The van der Waals surface area contributed by atoms with Crippen LogP contribution in [0.1, 0.15) is 79.0 Å². The molecule has 0 aromatic heterocycles. The van der Waals surface area contributed by atoms with Gasteiger partial charge >= 0.3 is 0 Å². The second kappa shape index (κ2) is 13.4.